The molecule has 0 aliphatic carbocycles. The first-order chi connectivity index (χ1) is 8.13. The Morgan fingerprint density at radius 3 is 2.47 bits per heavy atom. The standard InChI is InChI=1S/C12H17NO4/c1-13(6-7-14)12(15)9-4-5-10(16-2)11(8-9)17-3/h4-5,8,14H,6-7H2,1-3H3. The highest BCUT2D eigenvalue weighted by Gasteiger charge is 2.13. The van der Waals surface area contributed by atoms with Gasteiger partial charge >= 0.3 is 0 Å². The lowest BCUT2D eigenvalue weighted by molar-refractivity contribution is 0.0766. The van der Waals surface area contributed by atoms with E-state index in [4.69, 9.17) is 14.6 Å². The van der Waals surface area contributed by atoms with Gasteiger partial charge in [-0.05, 0) is 18.2 Å². The molecule has 0 saturated heterocycles. The molecular formula is C12H17NO4. The maximum Gasteiger partial charge on any atom is 0.253 e. The highest BCUT2D eigenvalue weighted by Crippen LogP contribution is 2.27. The van der Waals surface area contributed by atoms with Gasteiger partial charge in [0.05, 0.1) is 20.8 Å². The van der Waals surface area contributed by atoms with Crippen molar-refractivity contribution in [3.8, 4) is 11.5 Å². The Kier molecular flexibility index (Phi) is 4.78. The number of carbonyl (C=O) groups excluding carboxylic acids is 1. The maximum absolute atomic E-state index is 11.9. The van der Waals surface area contributed by atoms with Crippen LogP contribution < -0.4 is 9.47 Å². The van der Waals surface area contributed by atoms with E-state index in [1.165, 1.54) is 19.1 Å². The number of amides is 1. The smallest absolute Gasteiger partial charge is 0.253 e. The van der Waals surface area contributed by atoms with Crippen LogP contribution in [0.15, 0.2) is 18.2 Å². The molecule has 1 rings (SSSR count). The Labute approximate surface area is 101 Å². The van der Waals surface area contributed by atoms with E-state index >= 15 is 0 Å². The number of likely N-dealkylation sites (N-methyl/N-ethyl adjacent to an activating group) is 1. The van der Waals surface area contributed by atoms with Crippen LogP contribution in [0.3, 0.4) is 0 Å². The van der Waals surface area contributed by atoms with Gasteiger partial charge < -0.3 is 19.5 Å². The van der Waals surface area contributed by atoms with Gasteiger partial charge in [0.15, 0.2) is 11.5 Å². The molecule has 0 bridgehead atoms. The summed E-state index contributed by atoms with van der Waals surface area (Å²) in [6, 6.07) is 4.96. The van der Waals surface area contributed by atoms with Crippen molar-refractivity contribution in [2.45, 2.75) is 0 Å². The van der Waals surface area contributed by atoms with Crippen LogP contribution in [0.5, 0.6) is 11.5 Å². The van der Waals surface area contributed by atoms with Crippen LogP contribution in [0.1, 0.15) is 10.4 Å². The number of aliphatic hydroxyl groups is 1. The summed E-state index contributed by atoms with van der Waals surface area (Å²) in [7, 11) is 4.69. The second-order valence-corrected chi connectivity index (χ2v) is 3.52. The van der Waals surface area contributed by atoms with E-state index in [2.05, 4.69) is 0 Å². The zero-order valence-electron chi connectivity index (χ0n) is 10.3. The quantitative estimate of drug-likeness (QED) is 0.824. The molecule has 1 aromatic carbocycles. The molecule has 0 fully saturated rings. The third kappa shape index (κ3) is 3.10. The zero-order chi connectivity index (χ0) is 12.8. The van der Waals surface area contributed by atoms with Gasteiger partial charge in [-0.1, -0.05) is 0 Å². The van der Waals surface area contributed by atoms with Gasteiger partial charge in [-0.25, -0.2) is 0 Å². The molecule has 0 unspecified atom stereocenters. The number of ether oxygens (including phenoxy) is 2. The minimum absolute atomic E-state index is 0.0600. The van der Waals surface area contributed by atoms with E-state index in [9.17, 15) is 4.79 Å². The Morgan fingerprint density at radius 1 is 1.29 bits per heavy atom. The molecular weight excluding hydrogens is 222 g/mol. The average Bonchev–Trinajstić information content (AvgIpc) is 2.37. The number of methoxy groups -OCH3 is 2. The van der Waals surface area contributed by atoms with Crippen molar-refractivity contribution in [3.63, 3.8) is 0 Å². The fraction of sp³-hybridized carbons (Fsp3) is 0.417. The first kappa shape index (κ1) is 13.3. The number of benzene rings is 1. The summed E-state index contributed by atoms with van der Waals surface area (Å²) >= 11 is 0. The van der Waals surface area contributed by atoms with E-state index in [1.54, 1.807) is 25.2 Å². The molecule has 0 heterocycles. The normalized spacial score (nSPS) is 9.88. The molecule has 17 heavy (non-hydrogen) atoms. The SMILES string of the molecule is COc1ccc(C(=O)N(C)CCO)cc1OC. The monoisotopic (exact) mass is 239 g/mol. The second-order valence-electron chi connectivity index (χ2n) is 3.52. The Hall–Kier alpha value is -1.75. The average molecular weight is 239 g/mol. The van der Waals surface area contributed by atoms with Crippen LogP contribution in [-0.2, 0) is 0 Å². The molecule has 0 aliphatic heterocycles. The summed E-state index contributed by atoms with van der Waals surface area (Å²) in [5.41, 5.74) is 0.499. The molecule has 1 aromatic rings. The Balaban J connectivity index is 2.95. The number of aliphatic hydroxyl groups excluding tert-OH is 1. The van der Waals surface area contributed by atoms with Gasteiger partial charge in [0.1, 0.15) is 0 Å². The van der Waals surface area contributed by atoms with Crippen molar-refractivity contribution in [3.05, 3.63) is 23.8 Å². The van der Waals surface area contributed by atoms with Crippen molar-refractivity contribution in [2.75, 3.05) is 34.4 Å². The second kappa shape index (κ2) is 6.10. The van der Waals surface area contributed by atoms with Gasteiger partial charge in [-0.15, -0.1) is 0 Å². The van der Waals surface area contributed by atoms with Crippen molar-refractivity contribution >= 4 is 5.91 Å². The summed E-state index contributed by atoms with van der Waals surface area (Å²) in [6.45, 7) is 0.239. The predicted molar refractivity (Wildman–Crippen MR) is 63.6 cm³/mol. The van der Waals surface area contributed by atoms with Crippen molar-refractivity contribution < 1.29 is 19.4 Å². The fourth-order valence-corrected chi connectivity index (χ4v) is 1.44. The minimum atomic E-state index is -0.167. The van der Waals surface area contributed by atoms with Crippen molar-refractivity contribution in [1.82, 2.24) is 4.90 Å². The molecule has 5 nitrogen and oxygen atoms in total. The summed E-state index contributed by atoms with van der Waals surface area (Å²) in [5, 5.41) is 8.78. The van der Waals surface area contributed by atoms with Crippen LogP contribution in [0, 0.1) is 0 Å². The topological polar surface area (TPSA) is 59.0 Å². The molecule has 0 spiro atoms. The maximum atomic E-state index is 11.9. The highest BCUT2D eigenvalue weighted by molar-refractivity contribution is 5.94. The summed E-state index contributed by atoms with van der Waals surface area (Å²) in [5.74, 6) is 0.921. The van der Waals surface area contributed by atoms with E-state index in [-0.39, 0.29) is 12.5 Å². The molecule has 0 aliphatic rings. The third-order valence-electron chi connectivity index (χ3n) is 2.41. The Morgan fingerprint density at radius 2 is 1.94 bits per heavy atom. The van der Waals surface area contributed by atoms with Crippen LogP contribution in [0.2, 0.25) is 0 Å². The van der Waals surface area contributed by atoms with Crippen LogP contribution in [0.4, 0.5) is 0 Å². The van der Waals surface area contributed by atoms with Gasteiger partial charge in [0, 0.05) is 19.2 Å². The molecule has 94 valence electrons. The first-order valence-electron chi connectivity index (χ1n) is 5.22. The van der Waals surface area contributed by atoms with Gasteiger partial charge in [-0.3, -0.25) is 4.79 Å². The van der Waals surface area contributed by atoms with Crippen LogP contribution in [-0.4, -0.2) is 50.3 Å². The molecule has 0 radical (unpaired) electrons. The number of carbonyl (C=O) groups is 1. The number of rotatable bonds is 5. The van der Waals surface area contributed by atoms with Gasteiger partial charge in [-0.2, -0.15) is 0 Å². The fourth-order valence-electron chi connectivity index (χ4n) is 1.44. The van der Waals surface area contributed by atoms with E-state index < -0.39 is 0 Å². The van der Waals surface area contributed by atoms with Crippen LogP contribution in [0.25, 0.3) is 0 Å². The highest BCUT2D eigenvalue weighted by atomic mass is 16.5. The molecule has 0 atom stereocenters. The molecule has 1 amide bonds. The van der Waals surface area contributed by atoms with Crippen molar-refractivity contribution in [2.24, 2.45) is 0 Å². The molecule has 5 heteroatoms. The summed E-state index contributed by atoms with van der Waals surface area (Å²) in [4.78, 5) is 13.4. The Bertz CT molecular complexity index is 392. The number of hydrogen-bond acceptors (Lipinski definition) is 4. The number of nitrogens with zero attached hydrogens (tertiary/aromatic N) is 1. The summed E-state index contributed by atoms with van der Waals surface area (Å²) in [6.07, 6.45) is 0. The van der Waals surface area contributed by atoms with Gasteiger partial charge in [0.2, 0.25) is 0 Å². The lowest BCUT2D eigenvalue weighted by Crippen LogP contribution is -2.29. The zero-order valence-corrected chi connectivity index (χ0v) is 10.3. The van der Waals surface area contributed by atoms with E-state index in [0.717, 1.165) is 0 Å². The number of hydrogen-bond donors (Lipinski definition) is 1. The molecule has 0 aromatic heterocycles. The first-order valence-corrected chi connectivity index (χ1v) is 5.22. The van der Waals surface area contributed by atoms with Gasteiger partial charge in [0.25, 0.3) is 5.91 Å². The van der Waals surface area contributed by atoms with Crippen molar-refractivity contribution in [1.29, 1.82) is 0 Å². The lowest BCUT2D eigenvalue weighted by atomic mass is 10.2. The lowest BCUT2D eigenvalue weighted by Gasteiger charge is -2.16. The largest absolute Gasteiger partial charge is 0.493 e. The molecule has 0 saturated carbocycles. The summed E-state index contributed by atoms with van der Waals surface area (Å²) < 4.78 is 10.2. The van der Waals surface area contributed by atoms with E-state index in [1.807, 2.05) is 0 Å². The van der Waals surface area contributed by atoms with E-state index in [0.29, 0.717) is 23.6 Å². The third-order valence-corrected chi connectivity index (χ3v) is 2.41. The minimum Gasteiger partial charge on any atom is -0.493 e. The molecule has 1 N–H and O–H groups in total. The predicted octanol–water partition coefficient (Wildman–Crippen LogP) is 0.768. The van der Waals surface area contributed by atoms with Crippen LogP contribution >= 0.6 is 0 Å².